The van der Waals surface area contributed by atoms with Crippen molar-refractivity contribution in [2.75, 3.05) is 13.1 Å². The van der Waals surface area contributed by atoms with Crippen LogP contribution in [0.5, 0.6) is 0 Å². The molecule has 17 heavy (non-hydrogen) atoms. The van der Waals surface area contributed by atoms with Gasteiger partial charge in [-0.1, -0.05) is 0 Å². The molecular weight excluding hydrogens is 225 g/mol. The van der Waals surface area contributed by atoms with Crippen LogP contribution in [0, 0.1) is 11.3 Å². The third-order valence-electron chi connectivity index (χ3n) is 2.59. The van der Waals surface area contributed by atoms with Crippen LogP contribution in [-0.4, -0.2) is 41.4 Å². The van der Waals surface area contributed by atoms with E-state index in [9.17, 15) is 9.18 Å². The zero-order valence-corrected chi connectivity index (χ0v) is 10.4. The molecule has 0 bridgehead atoms. The molecule has 1 heterocycles. The molecule has 6 heteroatoms. The molecule has 0 spiro atoms. The summed E-state index contributed by atoms with van der Waals surface area (Å²) in [6.45, 7) is 5.40. The maximum absolute atomic E-state index is 13.8. The van der Waals surface area contributed by atoms with Gasteiger partial charge in [0.15, 0.2) is 0 Å². The van der Waals surface area contributed by atoms with Crippen molar-refractivity contribution in [1.29, 1.82) is 5.26 Å². The van der Waals surface area contributed by atoms with E-state index in [1.807, 2.05) is 0 Å². The SMILES string of the molecule is CC(C)(C)OC(=O)N1CCC(F)(C#N)C(N)C1. The largest absolute Gasteiger partial charge is 0.444 e. The first-order valence-electron chi connectivity index (χ1n) is 5.51. The lowest BCUT2D eigenvalue weighted by atomic mass is 9.90. The van der Waals surface area contributed by atoms with Crippen LogP contribution in [-0.2, 0) is 4.74 Å². The molecule has 1 saturated heterocycles. The van der Waals surface area contributed by atoms with Gasteiger partial charge in [0, 0.05) is 19.5 Å². The standard InChI is InChI=1S/C11H18FN3O2/c1-10(2,3)17-9(16)15-5-4-11(12,7-13)8(14)6-15/h8H,4-6,14H2,1-3H3. The summed E-state index contributed by atoms with van der Waals surface area (Å²) in [6.07, 6.45) is -0.600. The first kappa shape index (κ1) is 13.7. The van der Waals surface area contributed by atoms with E-state index in [1.54, 1.807) is 26.8 Å². The summed E-state index contributed by atoms with van der Waals surface area (Å²) < 4.78 is 19.0. The molecule has 5 nitrogen and oxygen atoms in total. The number of halogens is 1. The summed E-state index contributed by atoms with van der Waals surface area (Å²) in [4.78, 5) is 13.0. The van der Waals surface area contributed by atoms with Crippen molar-refractivity contribution in [1.82, 2.24) is 4.90 Å². The lowest BCUT2D eigenvalue weighted by molar-refractivity contribution is 0.00675. The van der Waals surface area contributed by atoms with E-state index in [-0.39, 0.29) is 19.5 Å². The average Bonchev–Trinajstić information content (AvgIpc) is 2.19. The number of nitrogens with two attached hydrogens (primary N) is 1. The first-order chi connectivity index (χ1) is 7.68. The lowest BCUT2D eigenvalue weighted by Gasteiger charge is -2.37. The normalized spacial score (nSPS) is 29.6. The number of hydrogen-bond acceptors (Lipinski definition) is 4. The molecule has 0 aromatic carbocycles. The van der Waals surface area contributed by atoms with Gasteiger partial charge >= 0.3 is 6.09 Å². The van der Waals surface area contributed by atoms with Crippen LogP contribution in [0.2, 0.25) is 0 Å². The molecule has 0 radical (unpaired) electrons. The second-order valence-electron chi connectivity index (χ2n) is 5.26. The lowest BCUT2D eigenvalue weighted by Crippen LogP contribution is -2.58. The maximum atomic E-state index is 13.8. The molecule has 0 aromatic rings. The van der Waals surface area contributed by atoms with E-state index < -0.39 is 23.4 Å². The third kappa shape index (κ3) is 3.30. The molecule has 2 unspecified atom stereocenters. The third-order valence-corrected chi connectivity index (χ3v) is 2.59. The van der Waals surface area contributed by atoms with Gasteiger partial charge in [-0.15, -0.1) is 0 Å². The van der Waals surface area contributed by atoms with E-state index >= 15 is 0 Å². The monoisotopic (exact) mass is 243 g/mol. The van der Waals surface area contributed by atoms with Crippen LogP contribution in [0.25, 0.3) is 0 Å². The number of carbonyl (C=O) groups is 1. The summed E-state index contributed by atoms with van der Waals surface area (Å²) in [5.74, 6) is 0. The molecule has 1 amide bonds. The highest BCUT2D eigenvalue weighted by Gasteiger charge is 2.43. The van der Waals surface area contributed by atoms with Crippen LogP contribution < -0.4 is 5.73 Å². The van der Waals surface area contributed by atoms with Gasteiger partial charge in [-0.3, -0.25) is 0 Å². The number of likely N-dealkylation sites (tertiary alicyclic amines) is 1. The molecule has 2 atom stereocenters. The number of hydrogen-bond donors (Lipinski definition) is 1. The molecule has 1 aliphatic rings. The Kier molecular flexibility index (Phi) is 3.62. The molecular formula is C11H18FN3O2. The highest BCUT2D eigenvalue weighted by molar-refractivity contribution is 5.68. The minimum Gasteiger partial charge on any atom is -0.444 e. The number of nitrogens with zero attached hydrogens (tertiary/aromatic N) is 2. The van der Waals surface area contributed by atoms with Gasteiger partial charge in [0.05, 0.1) is 6.04 Å². The fourth-order valence-corrected chi connectivity index (χ4v) is 1.59. The number of carbonyl (C=O) groups excluding carboxylic acids is 1. The van der Waals surface area contributed by atoms with Gasteiger partial charge in [-0.2, -0.15) is 5.26 Å². The molecule has 0 aromatic heterocycles. The Hall–Kier alpha value is -1.35. The quantitative estimate of drug-likeness (QED) is 0.693. The molecule has 2 N–H and O–H groups in total. The van der Waals surface area contributed by atoms with Crippen molar-refractivity contribution >= 4 is 6.09 Å². The van der Waals surface area contributed by atoms with Crippen molar-refractivity contribution in [3.63, 3.8) is 0 Å². The summed E-state index contributed by atoms with van der Waals surface area (Å²) >= 11 is 0. The minimum absolute atomic E-state index is 0.00102. The molecule has 0 saturated carbocycles. The Labute approximate surface area is 100 Å². The van der Waals surface area contributed by atoms with E-state index in [4.69, 9.17) is 15.7 Å². The van der Waals surface area contributed by atoms with Crippen molar-refractivity contribution in [3.05, 3.63) is 0 Å². The van der Waals surface area contributed by atoms with Crippen LogP contribution in [0.4, 0.5) is 9.18 Å². The Balaban J connectivity index is 2.62. The van der Waals surface area contributed by atoms with Crippen molar-refractivity contribution < 1.29 is 13.9 Å². The van der Waals surface area contributed by atoms with Gasteiger partial charge in [0.2, 0.25) is 5.67 Å². The number of rotatable bonds is 0. The van der Waals surface area contributed by atoms with Crippen LogP contribution in [0.15, 0.2) is 0 Å². The highest BCUT2D eigenvalue weighted by atomic mass is 19.1. The Morgan fingerprint density at radius 1 is 1.65 bits per heavy atom. The van der Waals surface area contributed by atoms with Gasteiger partial charge in [0.1, 0.15) is 11.7 Å². The zero-order chi connectivity index (χ0) is 13.3. The predicted molar refractivity (Wildman–Crippen MR) is 59.9 cm³/mol. The zero-order valence-electron chi connectivity index (χ0n) is 10.4. The number of nitriles is 1. The predicted octanol–water partition coefficient (Wildman–Crippen LogP) is 1.19. The van der Waals surface area contributed by atoms with E-state index in [2.05, 4.69) is 0 Å². The molecule has 1 fully saturated rings. The molecule has 0 aliphatic carbocycles. The Morgan fingerprint density at radius 2 is 2.24 bits per heavy atom. The highest BCUT2D eigenvalue weighted by Crippen LogP contribution is 2.25. The Morgan fingerprint density at radius 3 is 2.65 bits per heavy atom. The number of alkyl halides is 1. The van der Waals surface area contributed by atoms with Gasteiger partial charge in [-0.05, 0) is 20.8 Å². The molecule has 1 aliphatic heterocycles. The maximum Gasteiger partial charge on any atom is 0.410 e. The van der Waals surface area contributed by atoms with Crippen LogP contribution in [0.1, 0.15) is 27.2 Å². The van der Waals surface area contributed by atoms with Crippen molar-refractivity contribution in [3.8, 4) is 6.07 Å². The van der Waals surface area contributed by atoms with Crippen molar-refractivity contribution in [2.24, 2.45) is 5.73 Å². The topological polar surface area (TPSA) is 79.3 Å². The van der Waals surface area contributed by atoms with Gasteiger partial charge in [-0.25, -0.2) is 9.18 Å². The van der Waals surface area contributed by atoms with Gasteiger partial charge < -0.3 is 15.4 Å². The smallest absolute Gasteiger partial charge is 0.410 e. The number of amides is 1. The fraction of sp³-hybridized carbons (Fsp3) is 0.818. The molecule has 96 valence electrons. The second kappa shape index (κ2) is 4.49. The van der Waals surface area contributed by atoms with E-state index in [1.165, 1.54) is 4.90 Å². The number of piperidine rings is 1. The fourth-order valence-electron chi connectivity index (χ4n) is 1.59. The summed E-state index contributed by atoms with van der Waals surface area (Å²) in [7, 11) is 0. The van der Waals surface area contributed by atoms with E-state index in [0.29, 0.717) is 0 Å². The van der Waals surface area contributed by atoms with E-state index in [0.717, 1.165) is 0 Å². The number of ether oxygens (including phenoxy) is 1. The minimum atomic E-state index is -2.04. The average molecular weight is 243 g/mol. The van der Waals surface area contributed by atoms with Crippen LogP contribution in [0.3, 0.4) is 0 Å². The van der Waals surface area contributed by atoms with Crippen molar-refractivity contribution in [2.45, 2.75) is 44.5 Å². The summed E-state index contributed by atoms with van der Waals surface area (Å²) in [5, 5.41) is 8.69. The summed E-state index contributed by atoms with van der Waals surface area (Å²) in [6, 6.07) is 0.575. The Bertz CT molecular complexity index is 348. The first-order valence-corrected chi connectivity index (χ1v) is 5.51. The summed E-state index contributed by atoms with van der Waals surface area (Å²) in [5.41, 5.74) is 2.93. The van der Waals surface area contributed by atoms with Crippen LogP contribution >= 0.6 is 0 Å². The second-order valence-corrected chi connectivity index (χ2v) is 5.26. The van der Waals surface area contributed by atoms with Gasteiger partial charge in [0.25, 0.3) is 0 Å². The molecule has 1 rings (SSSR count).